The van der Waals surface area contributed by atoms with E-state index in [0.29, 0.717) is 40.7 Å². The van der Waals surface area contributed by atoms with E-state index in [1.807, 2.05) is 18.2 Å². The first-order chi connectivity index (χ1) is 10.1. The Kier molecular flexibility index (Phi) is 3.69. The van der Waals surface area contributed by atoms with Crippen molar-refractivity contribution in [2.75, 3.05) is 13.1 Å². The summed E-state index contributed by atoms with van der Waals surface area (Å²) in [6.45, 7) is 2.95. The summed E-state index contributed by atoms with van der Waals surface area (Å²) in [5.74, 6) is 0.395. The molecule has 5 nitrogen and oxygen atoms in total. The molecule has 1 aromatic carbocycles. The normalized spacial score (nSPS) is 18.2. The highest BCUT2D eigenvalue weighted by Gasteiger charge is 2.30. The number of nitrogens with two attached hydrogens (primary N) is 1. The van der Waals surface area contributed by atoms with Crippen LogP contribution in [0.15, 0.2) is 28.8 Å². The van der Waals surface area contributed by atoms with Crippen molar-refractivity contribution < 1.29 is 9.32 Å². The molecule has 0 spiro atoms. The molecule has 0 unspecified atom stereocenters. The van der Waals surface area contributed by atoms with Crippen molar-refractivity contribution in [3.8, 4) is 11.3 Å². The SMILES string of the molecule is Cc1onc(-c2ccccc2Cl)c1C(=O)N1CC[C@@H](N)C1. The third-order valence-corrected chi connectivity index (χ3v) is 4.05. The summed E-state index contributed by atoms with van der Waals surface area (Å²) in [6, 6.07) is 7.32. The van der Waals surface area contributed by atoms with Gasteiger partial charge in [0, 0.05) is 24.7 Å². The standard InChI is InChI=1S/C15H16ClN3O2/c1-9-13(15(20)19-7-6-10(17)8-19)14(18-21-9)11-4-2-3-5-12(11)16/h2-5,10H,6-8,17H2,1H3/t10-/m1/s1. The van der Waals surface area contributed by atoms with Gasteiger partial charge < -0.3 is 15.2 Å². The van der Waals surface area contributed by atoms with E-state index < -0.39 is 0 Å². The fourth-order valence-corrected chi connectivity index (χ4v) is 2.82. The van der Waals surface area contributed by atoms with Crippen LogP contribution in [-0.2, 0) is 0 Å². The lowest BCUT2D eigenvalue weighted by molar-refractivity contribution is 0.0790. The second-order valence-corrected chi connectivity index (χ2v) is 5.65. The molecule has 0 bridgehead atoms. The Balaban J connectivity index is 2.02. The molecule has 1 aliphatic rings. The zero-order chi connectivity index (χ0) is 15.0. The van der Waals surface area contributed by atoms with E-state index in [2.05, 4.69) is 5.16 Å². The molecule has 3 rings (SSSR count). The molecule has 0 saturated carbocycles. The smallest absolute Gasteiger partial charge is 0.259 e. The van der Waals surface area contributed by atoms with E-state index >= 15 is 0 Å². The minimum Gasteiger partial charge on any atom is -0.360 e. The Bertz CT molecular complexity index is 683. The molecule has 1 aliphatic heterocycles. The van der Waals surface area contributed by atoms with E-state index in [1.54, 1.807) is 17.9 Å². The topological polar surface area (TPSA) is 72.4 Å². The van der Waals surface area contributed by atoms with Gasteiger partial charge >= 0.3 is 0 Å². The van der Waals surface area contributed by atoms with Gasteiger partial charge in [0.1, 0.15) is 17.0 Å². The molecule has 2 heterocycles. The van der Waals surface area contributed by atoms with Gasteiger partial charge in [-0.25, -0.2) is 0 Å². The number of carbonyl (C=O) groups excluding carboxylic acids is 1. The monoisotopic (exact) mass is 305 g/mol. The van der Waals surface area contributed by atoms with Gasteiger partial charge in [-0.15, -0.1) is 0 Å². The summed E-state index contributed by atoms with van der Waals surface area (Å²) >= 11 is 6.20. The minimum atomic E-state index is -0.100. The third kappa shape index (κ3) is 2.54. The summed E-state index contributed by atoms with van der Waals surface area (Å²) in [6.07, 6.45) is 0.817. The summed E-state index contributed by atoms with van der Waals surface area (Å²) < 4.78 is 5.23. The van der Waals surface area contributed by atoms with Gasteiger partial charge in [0.25, 0.3) is 5.91 Å². The maximum atomic E-state index is 12.7. The van der Waals surface area contributed by atoms with Crippen LogP contribution in [0.4, 0.5) is 0 Å². The fourth-order valence-electron chi connectivity index (χ4n) is 2.59. The summed E-state index contributed by atoms with van der Waals surface area (Å²) in [5, 5.41) is 4.56. The predicted octanol–water partition coefficient (Wildman–Crippen LogP) is 2.48. The number of hydrogen-bond acceptors (Lipinski definition) is 4. The average Bonchev–Trinajstić information content (AvgIpc) is 3.05. The molecule has 2 aromatic rings. The van der Waals surface area contributed by atoms with Crippen LogP contribution in [0.2, 0.25) is 5.02 Å². The van der Waals surface area contributed by atoms with Crippen molar-refractivity contribution in [2.24, 2.45) is 5.73 Å². The summed E-state index contributed by atoms with van der Waals surface area (Å²) in [7, 11) is 0. The van der Waals surface area contributed by atoms with E-state index in [0.717, 1.165) is 6.42 Å². The Labute approximate surface area is 127 Å². The minimum absolute atomic E-state index is 0.0397. The van der Waals surface area contributed by atoms with Crippen molar-refractivity contribution in [3.63, 3.8) is 0 Å². The first kappa shape index (κ1) is 14.1. The number of amides is 1. The number of aryl methyl sites for hydroxylation is 1. The van der Waals surface area contributed by atoms with E-state index in [9.17, 15) is 4.79 Å². The van der Waals surface area contributed by atoms with Gasteiger partial charge in [-0.2, -0.15) is 0 Å². The second kappa shape index (κ2) is 5.50. The van der Waals surface area contributed by atoms with Gasteiger partial charge in [-0.05, 0) is 19.4 Å². The molecule has 1 fully saturated rings. The number of aromatic nitrogens is 1. The number of nitrogens with zero attached hydrogens (tertiary/aromatic N) is 2. The molecular weight excluding hydrogens is 290 g/mol. The van der Waals surface area contributed by atoms with Crippen LogP contribution in [-0.4, -0.2) is 35.1 Å². The molecule has 1 aromatic heterocycles. The van der Waals surface area contributed by atoms with E-state index in [-0.39, 0.29) is 11.9 Å². The lowest BCUT2D eigenvalue weighted by Gasteiger charge is -2.15. The molecule has 6 heteroatoms. The Hall–Kier alpha value is -1.85. The quantitative estimate of drug-likeness (QED) is 0.925. The summed E-state index contributed by atoms with van der Waals surface area (Å²) in [4.78, 5) is 14.4. The highest BCUT2D eigenvalue weighted by molar-refractivity contribution is 6.33. The van der Waals surface area contributed by atoms with Crippen molar-refractivity contribution >= 4 is 17.5 Å². The molecule has 1 amide bonds. The Morgan fingerprint density at radius 2 is 2.24 bits per heavy atom. The van der Waals surface area contributed by atoms with Crippen LogP contribution >= 0.6 is 11.6 Å². The molecule has 21 heavy (non-hydrogen) atoms. The van der Waals surface area contributed by atoms with Gasteiger partial charge in [0.2, 0.25) is 0 Å². The second-order valence-electron chi connectivity index (χ2n) is 5.24. The maximum Gasteiger partial charge on any atom is 0.259 e. The zero-order valence-electron chi connectivity index (χ0n) is 11.7. The first-order valence-corrected chi connectivity index (χ1v) is 7.21. The lowest BCUT2D eigenvalue weighted by Crippen LogP contribution is -2.32. The van der Waals surface area contributed by atoms with Crippen molar-refractivity contribution in [3.05, 3.63) is 40.6 Å². The van der Waals surface area contributed by atoms with Gasteiger partial charge in [0.05, 0.1) is 5.02 Å². The average molecular weight is 306 g/mol. The van der Waals surface area contributed by atoms with Gasteiger partial charge in [-0.1, -0.05) is 35.0 Å². The number of rotatable bonds is 2. The zero-order valence-corrected chi connectivity index (χ0v) is 12.4. The lowest BCUT2D eigenvalue weighted by atomic mass is 10.1. The van der Waals surface area contributed by atoms with Crippen molar-refractivity contribution in [2.45, 2.75) is 19.4 Å². The Morgan fingerprint density at radius 3 is 2.90 bits per heavy atom. The molecule has 110 valence electrons. The third-order valence-electron chi connectivity index (χ3n) is 3.72. The first-order valence-electron chi connectivity index (χ1n) is 6.84. The highest BCUT2D eigenvalue weighted by atomic mass is 35.5. The van der Waals surface area contributed by atoms with Crippen LogP contribution in [0.3, 0.4) is 0 Å². The molecule has 0 radical (unpaired) electrons. The van der Waals surface area contributed by atoms with Crippen LogP contribution in [0, 0.1) is 6.92 Å². The molecular formula is C15H16ClN3O2. The van der Waals surface area contributed by atoms with Crippen molar-refractivity contribution in [1.29, 1.82) is 0 Å². The van der Waals surface area contributed by atoms with Crippen molar-refractivity contribution in [1.82, 2.24) is 10.1 Å². The van der Waals surface area contributed by atoms with Crippen LogP contribution < -0.4 is 5.73 Å². The maximum absolute atomic E-state index is 12.7. The Morgan fingerprint density at radius 1 is 1.48 bits per heavy atom. The van der Waals surface area contributed by atoms with Crippen LogP contribution in [0.1, 0.15) is 22.5 Å². The van der Waals surface area contributed by atoms with Gasteiger partial charge in [-0.3, -0.25) is 4.79 Å². The molecule has 1 saturated heterocycles. The highest BCUT2D eigenvalue weighted by Crippen LogP contribution is 2.32. The number of carbonyl (C=O) groups is 1. The molecule has 2 N–H and O–H groups in total. The number of hydrogen-bond donors (Lipinski definition) is 1. The van der Waals surface area contributed by atoms with Crippen LogP contribution in [0.25, 0.3) is 11.3 Å². The van der Waals surface area contributed by atoms with Gasteiger partial charge in [0.15, 0.2) is 0 Å². The largest absolute Gasteiger partial charge is 0.360 e. The molecule has 0 aliphatic carbocycles. The van der Waals surface area contributed by atoms with E-state index in [4.69, 9.17) is 21.9 Å². The summed E-state index contributed by atoms with van der Waals surface area (Å²) in [5.41, 5.74) is 7.53. The van der Waals surface area contributed by atoms with E-state index in [1.165, 1.54) is 0 Å². The fraction of sp³-hybridized carbons (Fsp3) is 0.333. The molecule has 1 atom stereocenters. The van der Waals surface area contributed by atoms with Crippen LogP contribution in [0.5, 0.6) is 0 Å². The number of benzene rings is 1. The predicted molar refractivity (Wildman–Crippen MR) is 80.2 cm³/mol. The number of halogens is 1. The number of likely N-dealkylation sites (tertiary alicyclic amines) is 1.